The summed E-state index contributed by atoms with van der Waals surface area (Å²) in [6.07, 6.45) is 2.71. The molecule has 0 saturated carbocycles. The van der Waals surface area contributed by atoms with Gasteiger partial charge in [-0.05, 0) is 45.8 Å². The first kappa shape index (κ1) is 8.02. The van der Waals surface area contributed by atoms with Crippen LogP contribution < -0.4 is 10.6 Å². The van der Waals surface area contributed by atoms with Crippen molar-refractivity contribution in [2.45, 2.75) is 25.8 Å². The summed E-state index contributed by atoms with van der Waals surface area (Å²) in [5, 5.41) is 6.53. The smallest absolute Gasteiger partial charge is 0.00358 e. The van der Waals surface area contributed by atoms with Crippen molar-refractivity contribution in [3.8, 4) is 0 Å². The molecule has 0 bridgehead atoms. The summed E-state index contributed by atoms with van der Waals surface area (Å²) in [7, 11) is 2.03. The van der Waals surface area contributed by atoms with Gasteiger partial charge in [-0.3, -0.25) is 0 Å². The van der Waals surface area contributed by atoms with Gasteiger partial charge in [0, 0.05) is 6.04 Å². The van der Waals surface area contributed by atoms with Crippen molar-refractivity contribution >= 4 is 0 Å². The van der Waals surface area contributed by atoms with E-state index in [1.165, 1.54) is 25.9 Å². The average molecular weight is 142 g/mol. The zero-order valence-electron chi connectivity index (χ0n) is 6.98. The van der Waals surface area contributed by atoms with Crippen molar-refractivity contribution < 1.29 is 0 Å². The fraction of sp³-hybridized carbons (Fsp3) is 1.00. The van der Waals surface area contributed by atoms with Gasteiger partial charge in [0.15, 0.2) is 0 Å². The van der Waals surface area contributed by atoms with Crippen LogP contribution in [0.15, 0.2) is 0 Å². The van der Waals surface area contributed by atoms with Gasteiger partial charge in [-0.15, -0.1) is 0 Å². The molecule has 60 valence electrons. The SMILES string of the molecule is CNC(C)CCC1CNC1. The maximum atomic E-state index is 3.28. The van der Waals surface area contributed by atoms with Crippen molar-refractivity contribution in [1.82, 2.24) is 10.6 Å². The highest BCUT2D eigenvalue weighted by Crippen LogP contribution is 2.11. The summed E-state index contributed by atoms with van der Waals surface area (Å²) in [6.45, 7) is 4.74. The normalized spacial score (nSPS) is 22.2. The average Bonchev–Trinajstić information content (AvgIpc) is 1.84. The minimum atomic E-state index is 0.695. The van der Waals surface area contributed by atoms with Crippen molar-refractivity contribution in [2.24, 2.45) is 5.92 Å². The molecule has 0 aromatic heterocycles. The third-order valence-electron chi connectivity index (χ3n) is 2.37. The predicted molar refractivity (Wildman–Crippen MR) is 44.1 cm³/mol. The van der Waals surface area contributed by atoms with Crippen LogP contribution >= 0.6 is 0 Å². The second-order valence-electron chi connectivity index (χ2n) is 3.29. The minimum Gasteiger partial charge on any atom is -0.317 e. The Kier molecular flexibility index (Phi) is 3.16. The Balaban J connectivity index is 1.93. The van der Waals surface area contributed by atoms with E-state index in [-0.39, 0.29) is 0 Å². The fourth-order valence-corrected chi connectivity index (χ4v) is 1.18. The Morgan fingerprint density at radius 2 is 2.30 bits per heavy atom. The largest absolute Gasteiger partial charge is 0.317 e. The molecule has 0 aromatic carbocycles. The lowest BCUT2D eigenvalue weighted by atomic mass is 9.95. The summed E-state index contributed by atoms with van der Waals surface area (Å²) in [4.78, 5) is 0. The molecule has 2 heteroatoms. The Labute approximate surface area is 63.4 Å². The van der Waals surface area contributed by atoms with Crippen LogP contribution in [-0.4, -0.2) is 26.2 Å². The standard InChI is InChI=1S/C8H18N2/c1-7(9-2)3-4-8-5-10-6-8/h7-10H,3-6H2,1-2H3. The Morgan fingerprint density at radius 1 is 1.60 bits per heavy atom. The van der Waals surface area contributed by atoms with Gasteiger partial charge in [-0.25, -0.2) is 0 Å². The van der Waals surface area contributed by atoms with Crippen LogP contribution in [0.3, 0.4) is 0 Å². The van der Waals surface area contributed by atoms with Gasteiger partial charge in [0.05, 0.1) is 0 Å². The summed E-state index contributed by atoms with van der Waals surface area (Å²) < 4.78 is 0. The monoisotopic (exact) mass is 142 g/mol. The van der Waals surface area contributed by atoms with Crippen LogP contribution in [-0.2, 0) is 0 Å². The highest BCUT2D eigenvalue weighted by molar-refractivity contribution is 4.75. The van der Waals surface area contributed by atoms with E-state index >= 15 is 0 Å². The first-order chi connectivity index (χ1) is 4.83. The van der Waals surface area contributed by atoms with E-state index in [1.54, 1.807) is 0 Å². The quantitative estimate of drug-likeness (QED) is 0.600. The maximum absolute atomic E-state index is 3.28. The zero-order valence-corrected chi connectivity index (χ0v) is 6.98. The third kappa shape index (κ3) is 2.27. The molecule has 0 radical (unpaired) electrons. The van der Waals surface area contributed by atoms with Crippen LogP contribution in [0.5, 0.6) is 0 Å². The summed E-state index contributed by atoms with van der Waals surface area (Å²) >= 11 is 0. The molecule has 0 amide bonds. The molecule has 1 unspecified atom stereocenters. The van der Waals surface area contributed by atoms with Crippen molar-refractivity contribution in [2.75, 3.05) is 20.1 Å². The molecule has 1 atom stereocenters. The second kappa shape index (κ2) is 3.94. The summed E-state index contributed by atoms with van der Waals surface area (Å²) in [6, 6.07) is 0.695. The van der Waals surface area contributed by atoms with E-state index in [2.05, 4.69) is 17.6 Å². The van der Waals surface area contributed by atoms with E-state index < -0.39 is 0 Å². The van der Waals surface area contributed by atoms with Gasteiger partial charge in [0.25, 0.3) is 0 Å². The summed E-state index contributed by atoms with van der Waals surface area (Å²) in [5.41, 5.74) is 0. The predicted octanol–water partition coefficient (Wildman–Crippen LogP) is 0.594. The molecule has 1 fully saturated rings. The lowest BCUT2D eigenvalue weighted by Crippen LogP contribution is -2.42. The number of hydrogen-bond donors (Lipinski definition) is 2. The van der Waals surface area contributed by atoms with Gasteiger partial charge in [-0.2, -0.15) is 0 Å². The van der Waals surface area contributed by atoms with Gasteiger partial charge in [-0.1, -0.05) is 0 Å². The molecule has 2 nitrogen and oxygen atoms in total. The second-order valence-corrected chi connectivity index (χ2v) is 3.29. The molecule has 1 rings (SSSR count). The van der Waals surface area contributed by atoms with E-state index in [0.717, 1.165) is 5.92 Å². The van der Waals surface area contributed by atoms with Crippen LogP contribution in [0.2, 0.25) is 0 Å². The molecule has 0 aliphatic carbocycles. The molecular formula is C8H18N2. The lowest BCUT2D eigenvalue weighted by molar-refractivity contribution is 0.308. The highest BCUT2D eigenvalue weighted by Gasteiger charge is 2.16. The van der Waals surface area contributed by atoms with Gasteiger partial charge in [0.1, 0.15) is 0 Å². The van der Waals surface area contributed by atoms with Crippen LogP contribution in [0.4, 0.5) is 0 Å². The molecule has 0 aromatic rings. The molecule has 1 saturated heterocycles. The number of nitrogens with one attached hydrogen (secondary N) is 2. The van der Waals surface area contributed by atoms with Crippen molar-refractivity contribution in [3.05, 3.63) is 0 Å². The molecule has 10 heavy (non-hydrogen) atoms. The van der Waals surface area contributed by atoms with Crippen molar-refractivity contribution in [3.63, 3.8) is 0 Å². The van der Waals surface area contributed by atoms with E-state index in [0.29, 0.717) is 6.04 Å². The van der Waals surface area contributed by atoms with E-state index in [4.69, 9.17) is 0 Å². The maximum Gasteiger partial charge on any atom is 0.00358 e. The molecular weight excluding hydrogens is 124 g/mol. The van der Waals surface area contributed by atoms with E-state index in [1.807, 2.05) is 7.05 Å². The Morgan fingerprint density at radius 3 is 2.70 bits per heavy atom. The Hall–Kier alpha value is -0.0800. The van der Waals surface area contributed by atoms with E-state index in [9.17, 15) is 0 Å². The minimum absolute atomic E-state index is 0.695. The molecule has 1 aliphatic heterocycles. The Bertz CT molecular complexity index is 84.5. The topological polar surface area (TPSA) is 24.1 Å². The first-order valence-electron chi connectivity index (χ1n) is 4.21. The highest BCUT2D eigenvalue weighted by atomic mass is 14.9. The third-order valence-corrected chi connectivity index (χ3v) is 2.37. The van der Waals surface area contributed by atoms with Crippen molar-refractivity contribution in [1.29, 1.82) is 0 Å². The van der Waals surface area contributed by atoms with Gasteiger partial charge >= 0.3 is 0 Å². The zero-order chi connectivity index (χ0) is 7.40. The van der Waals surface area contributed by atoms with Gasteiger partial charge in [0.2, 0.25) is 0 Å². The molecule has 0 spiro atoms. The molecule has 1 aliphatic rings. The molecule has 1 heterocycles. The summed E-state index contributed by atoms with van der Waals surface area (Å²) in [5.74, 6) is 0.968. The molecule has 2 N–H and O–H groups in total. The lowest BCUT2D eigenvalue weighted by Gasteiger charge is -2.27. The van der Waals surface area contributed by atoms with Crippen LogP contribution in [0.1, 0.15) is 19.8 Å². The number of hydrogen-bond acceptors (Lipinski definition) is 2. The fourth-order valence-electron chi connectivity index (χ4n) is 1.18. The van der Waals surface area contributed by atoms with Gasteiger partial charge < -0.3 is 10.6 Å². The first-order valence-corrected chi connectivity index (χ1v) is 4.21. The van der Waals surface area contributed by atoms with Crippen LogP contribution in [0.25, 0.3) is 0 Å². The van der Waals surface area contributed by atoms with Crippen LogP contribution in [0, 0.1) is 5.92 Å². The number of rotatable bonds is 4.